The molecule has 1 aromatic carbocycles. The predicted octanol–water partition coefficient (Wildman–Crippen LogP) is 9.38. The van der Waals surface area contributed by atoms with Crippen molar-refractivity contribution in [1.29, 1.82) is 0 Å². The zero-order valence-electron chi connectivity index (χ0n) is 19.5. The topological polar surface area (TPSA) is 0 Å². The quantitative estimate of drug-likeness (QED) is 0.155. The van der Waals surface area contributed by atoms with Crippen LogP contribution < -0.4 is 2.89 Å². The van der Waals surface area contributed by atoms with Crippen LogP contribution in [0.2, 0.25) is 19.3 Å². The van der Waals surface area contributed by atoms with Crippen molar-refractivity contribution in [2.24, 2.45) is 0 Å². The van der Waals surface area contributed by atoms with Crippen LogP contribution in [0.15, 0.2) is 36.4 Å². The summed E-state index contributed by atoms with van der Waals surface area (Å²) >= 11 is 5.65. The molecule has 0 nitrogen and oxygen atoms in total. The minimum absolute atomic E-state index is 0.278. The summed E-state index contributed by atoms with van der Waals surface area (Å²) in [5.41, 5.74) is 3.03. The van der Waals surface area contributed by atoms with E-state index in [0.717, 1.165) is 0 Å². The Kier molecular flexibility index (Phi) is 6.94. The zero-order valence-corrected chi connectivity index (χ0v) is 28.5. The van der Waals surface area contributed by atoms with E-state index in [9.17, 15) is 0 Å². The van der Waals surface area contributed by atoms with Crippen molar-refractivity contribution < 1.29 is 0 Å². The molecule has 4 heterocycles. The number of hydrogen-bond acceptors (Lipinski definition) is 4. The van der Waals surface area contributed by atoms with E-state index in [1.54, 1.807) is 7.77 Å². The number of hydrogen-bond donors (Lipinski definition) is 0. The fraction of sp³-hybridized carbons (Fsp3) is 0.308. The molecule has 0 fully saturated rings. The molecular weight excluding hydrogens is 678 g/mol. The Morgan fingerprint density at radius 3 is 1.81 bits per heavy atom. The van der Waals surface area contributed by atoms with E-state index in [0.29, 0.717) is 0 Å². The first-order valence-electron chi connectivity index (χ1n) is 11.1. The first-order valence-corrected chi connectivity index (χ1v) is 28.4. The Balaban J connectivity index is 1.93. The molecule has 0 bridgehead atoms. The summed E-state index contributed by atoms with van der Waals surface area (Å²) in [5.74, 6) is 0. The van der Waals surface area contributed by atoms with Crippen molar-refractivity contribution in [3.05, 3.63) is 51.0 Å². The van der Waals surface area contributed by atoms with E-state index in [1.165, 1.54) is 59.7 Å². The van der Waals surface area contributed by atoms with Crippen molar-refractivity contribution in [3.8, 4) is 20.9 Å². The molecule has 0 amide bonds. The Morgan fingerprint density at radius 1 is 0.750 bits per heavy atom. The van der Waals surface area contributed by atoms with Crippen LogP contribution in [0.25, 0.3) is 41.1 Å². The van der Waals surface area contributed by atoms with Gasteiger partial charge in [0, 0.05) is 0 Å². The van der Waals surface area contributed by atoms with Crippen molar-refractivity contribution in [2.75, 3.05) is 0 Å². The van der Waals surface area contributed by atoms with Crippen LogP contribution in [-0.4, -0.2) is 39.5 Å². The number of fused-ring (bicyclic) bond motifs is 2. The van der Waals surface area contributed by atoms with Gasteiger partial charge in [-0.3, -0.25) is 0 Å². The van der Waals surface area contributed by atoms with E-state index in [-0.39, 0.29) is 21.1 Å². The first-order chi connectivity index (χ1) is 15.3. The van der Waals surface area contributed by atoms with Crippen LogP contribution in [0.1, 0.15) is 21.6 Å². The molecule has 0 aliphatic rings. The molecule has 164 valence electrons. The Hall–Kier alpha value is 0.137. The molecule has 0 saturated heterocycles. The van der Waals surface area contributed by atoms with E-state index in [1.807, 2.05) is 22.7 Å². The third-order valence-corrected chi connectivity index (χ3v) is 23.5. The summed E-state index contributed by atoms with van der Waals surface area (Å²) < 4.78 is 7.53. The maximum absolute atomic E-state index is 2.60. The third-order valence-electron chi connectivity index (χ3n) is 5.77. The Morgan fingerprint density at radius 2 is 1.31 bits per heavy atom. The van der Waals surface area contributed by atoms with E-state index in [4.69, 9.17) is 0 Å². The SMILES string of the molecule is C[CH2][Sn][CH2]c1cc2c(-c3ccc(C)s3)c3s[c]([Sn]([CH3])([CH3])[CH3])cc3c(-c3ccc(C)s3)c2s1. The van der Waals surface area contributed by atoms with Crippen LogP contribution in [0.3, 0.4) is 0 Å². The van der Waals surface area contributed by atoms with Crippen molar-refractivity contribution in [1.82, 2.24) is 0 Å². The molecular formula is C26H28S4Sn2. The third kappa shape index (κ3) is 4.41. The molecule has 0 spiro atoms. The van der Waals surface area contributed by atoms with Gasteiger partial charge >= 0.3 is 224 Å². The molecule has 0 aliphatic carbocycles. The Bertz CT molecular complexity index is 1330. The monoisotopic (exact) mass is 708 g/mol. The summed E-state index contributed by atoms with van der Waals surface area (Å²) in [4.78, 5) is 15.0. The van der Waals surface area contributed by atoms with Crippen LogP contribution in [0.5, 0.6) is 0 Å². The van der Waals surface area contributed by atoms with Crippen LogP contribution in [0, 0.1) is 13.8 Å². The van der Waals surface area contributed by atoms with Gasteiger partial charge < -0.3 is 0 Å². The normalized spacial score (nSPS) is 12.4. The molecule has 0 aliphatic heterocycles. The van der Waals surface area contributed by atoms with Crippen molar-refractivity contribution in [2.45, 2.75) is 44.5 Å². The van der Waals surface area contributed by atoms with E-state index in [2.05, 4.69) is 94.7 Å². The molecule has 5 rings (SSSR count). The van der Waals surface area contributed by atoms with Crippen LogP contribution in [-0.2, 0) is 4.44 Å². The van der Waals surface area contributed by atoms with Gasteiger partial charge in [-0.2, -0.15) is 0 Å². The van der Waals surface area contributed by atoms with Gasteiger partial charge in [0.25, 0.3) is 0 Å². The maximum atomic E-state index is 2.60. The summed E-state index contributed by atoms with van der Waals surface area (Å²) in [6, 6.07) is 14.5. The average molecular weight is 706 g/mol. The van der Waals surface area contributed by atoms with Gasteiger partial charge in [0.1, 0.15) is 0 Å². The van der Waals surface area contributed by atoms with Gasteiger partial charge in [-0.05, 0) is 0 Å². The number of aryl methyl sites for hydroxylation is 2. The molecule has 0 atom stereocenters. The molecule has 2 radical (unpaired) electrons. The van der Waals surface area contributed by atoms with Gasteiger partial charge in [-0.1, -0.05) is 0 Å². The van der Waals surface area contributed by atoms with Crippen LogP contribution >= 0.6 is 45.3 Å². The molecule has 0 N–H and O–H groups in total. The second-order valence-corrected chi connectivity index (χ2v) is 34.0. The summed E-state index contributed by atoms with van der Waals surface area (Å²) in [6.07, 6.45) is 0. The molecule has 32 heavy (non-hydrogen) atoms. The molecule has 4 aromatic heterocycles. The van der Waals surface area contributed by atoms with Gasteiger partial charge in [0.05, 0.1) is 0 Å². The summed E-state index contributed by atoms with van der Waals surface area (Å²) in [7, 11) is 0. The minimum atomic E-state index is -2.20. The van der Waals surface area contributed by atoms with Gasteiger partial charge in [-0.15, -0.1) is 0 Å². The number of thiophene rings is 4. The summed E-state index contributed by atoms with van der Waals surface area (Å²) in [6.45, 7) is 6.85. The predicted molar refractivity (Wildman–Crippen MR) is 156 cm³/mol. The molecule has 0 unspecified atom stereocenters. The zero-order chi connectivity index (χ0) is 22.6. The molecule has 5 aromatic rings. The second kappa shape index (κ2) is 9.30. The van der Waals surface area contributed by atoms with Gasteiger partial charge in [0.2, 0.25) is 0 Å². The van der Waals surface area contributed by atoms with Gasteiger partial charge in [-0.25, -0.2) is 0 Å². The number of rotatable bonds is 6. The second-order valence-electron chi connectivity index (χ2n) is 9.41. The average Bonchev–Trinajstić information content (AvgIpc) is 3.50. The van der Waals surface area contributed by atoms with Crippen molar-refractivity contribution in [3.63, 3.8) is 0 Å². The standard InChI is InChI=1S/C21H14S4.C2H5.3CH3.2Sn/c1-11-4-6-16(23-11)18-14-8-9-22-20(14)19(17-7-5-12(2)24-17)15-10-13(3)25-21(15)18;1-2;;;;;/h4-8,10H,3H2,1-2H3;1H2,2H3;3*1H3;;. The van der Waals surface area contributed by atoms with E-state index >= 15 is 0 Å². The Labute approximate surface area is 221 Å². The summed E-state index contributed by atoms with van der Waals surface area (Å²) in [5, 5.41) is 3.02. The fourth-order valence-corrected chi connectivity index (χ4v) is 16.7. The first kappa shape index (κ1) is 23.9. The van der Waals surface area contributed by atoms with Crippen LogP contribution in [0.4, 0.5) is 0 Å². The molecule has 0 saturated carbocycles. The number of benzene rings is 1. The van der Waals surface area contributed by atoms with E-state index < -0.39 is 18.4 Å². The molecule has 6 heteroatoms. The van der Waals surface area contributed by atoms with Gasteiger partial charge in [0.15, 0.2) is 0 Å². The fourth-order valence-electron chi connectivity index (χ4n) is 4.15. The van der Waals surface area contributed by atoms with Crippen molar-refractivity contribution >= 4 is 108 Å².